The van der Waals surface area contributed by atoms with Crippen LogP contribution < -0.4 is 5.32 Å². The van der Waals surface area contributed by atoms with E-state index in [0.29, 0.717) is 32.5 Å². The van der Waals surface area contributed by atoms with E-state index >= 15 is 0 Å². The molecule has 4 rings (SSSR count). The first-order valence-electron chi connectivity index (χ1n) is 10.3. The molecule has 0 atom stereocenters. The van der Waals surface area contributed by atoms with Gasteiger partial charge in [0.15, 0.2) is 11.0 Å². The van der Waals surface area contributed by atoms with Crippen molar-refractivity contribution in [2.75, 3.05) is 0 Å². The lowest BCUT2D eigenvalue weighted by Crippen LogP contribution is -2.22. The van der Waals surface area contributed by atoms with Gasteiger partial charge in [-0.3, -0.25) is 9.36 Å². The molecule has 0 aliphatic heterocycles. The lowest BCUT2D eigenvalue weighted by Gasteiger charge is -2.12. The number of nitrogens with zero attached hydrogens (tertiary/aromatic N) is 3. The van der Waals surface area contributed by atoms with Gasteiger partial charge in [-0.05, 0) is 47.5 Å². The Bertz CT molecular complexity index is 1310. The second-order valence-corrected chi connectivity index (χ2v) is 8.99. The van der Waals surface area contributed by atoms with Crippen molar-refractivity contribution in [3.05, 3.63) is 112 Å². The maximum atomic E-state index is 13.2. The molecule has 0 aliphatic carbocycles. The Balaban J connectivity index is 1.54. The number of benzene rings is 3. The highest BCUT2D eigenvalue weighted by atomic mass is 35.5. The van der Waals surface area contributed by atoms with E-state index in [1.807, 2.05) is 30.3 Å². The molecule has 0 bridgehead atoms. The summed E-state index contributed by atoms with van der Waals surface area (Å²) >= 11 is 14.0. The third-order valence-corrected chi connectivity index (χ3v) is 6.32. The molecule has 5 nitrogen and oxygen atoms in total. The van der Waals surface area contributed by atoms with Crippen LogP contribution in [0.2, 0.25) is 10.0 Å². The van der Waals surface area contributed by atoms with Crippen LogP contribution in [0.4, 0.5) is 4.39 Å². The monoisotopic (exact) mass is 512 g/mol. The number of hydrogen-bond acceptors (Lipinski definition) is 4. The molecule has 0 unspecified atom stereocenters. The van der Waals surface area contributed by atoms with E-state index in [9.17, 15) is 9.18 Å². The van der Waals surface area contributed by atoms with Crippen LogP contribution in [0.5, 0.6) is 0 Å². The molecule has 1 amide bonds. The SMILES string of the molecule is O=C(/C=C/c1ccccc1)NCc1nnc(SCc2ccc(F)cc2)n1-c1ccc(Cl)cc1Cl. The van der Waals surface area contributed by atoms with Crippen LogP contribution in [0.3, 0.4) is 0 Å². The zero-order valence-electron chi connectivity index (χ0n) is 17.8. The Hall–Kier alpha value is -3.13. The molecule has 1 heterocycles. The van der Waals surface area contributed by atoms with E-state index in [1.165, 1.54) is 30.0 Å². The normalized spacial score (nSPS) is 11.1. The molecule has 34 heavy (non-hydrogen) atoms. The third-order valence-electron chi connectivity index (χ3n) is 4.78. The molecule has 0 fully saturated rings. The summed E-state index contributed by atoms with van der Waals surface area (Å²) in [6.07, 6.45) is 3.20. The Labute approximate surface area is 210 Å². The third kappa shape index (κ3) is 6.26. The average Bonchev–Trinajstić information content (AvgIpc) is 3.24. The first-order chi connectivity index (χ1) is 16.5. The maximum absolute atomic E-state index is 13.2. The number of halogens is 3. The van der Waals surface area contributed by atoms with Crippen molar-refractivity contribution in [2.24, 2.45) is 0 Å². The van der Waals surface area contributed by atoms with Crippen molar-refractivity contribution in [3.63, 3.8) is 0 Å². The maximum Gasteiger partial charge on any atom is 0.244 e. The number of rotatable bonds is 8. The molecule has 0 saturated carbocycles. The van der Waals surface area contributed by atoms with Crippen LogP contribution in [-0.2, 0) is 17.1 Å². The smallest absolute Gasteiger partial charge is 0.244 e. The molecule has 9 heteroatoms. The van der Waals surface area contributed by atoms with Crippen molar-refractivity contribution < 1.29 is 9.18 Å². The minimum atomic E-state index is -0.288. The van der Waals surface area contributed by atoms with Crippen LogP contribution in [0, 0.1) is 5.82 Å². The summed E-state index contributed by atoms with van der Waals surface area (Å²) in [6, 6.07) is 21.0. The van der Waals surface area contributed by atoms with Gasteiger partial charge in [-0.2, -0.15) is 0 Å². The molecule has 0 radical (unpaired) electrons. The summed E-state index contributed by atoms with van der Waals surface area (Å²) in [6.45, 7) is 0.140. The lowest BCUT2D eigenvalue weighted by molar-refractivity contribution is -0.116. The summed E-state index contributed by atoms with van der Waals surface area (Å²) in [4.78, 5) is 12.4. The summed E-state index contributed by atoms with van der Waals surface area (Å²) < 4.78 is 15.0. The van der Waals surface area contributed by atoms with E-state index in [4.69, 9.17) is 23.2 Å². The van der Waals surface area contributed by atoms with Crippen LogP contribution in [-0.4, -0.2) is 20.7 Å². The number of thioether (sulfide) groups is 1. The summed E-state index contributed by atoms with van der Waals surface area (Å²) in [5, 5.41) is 12.9. The molecule has 4 aromatic rings. The predicted molar refractivity (Wildman–Crippen MR) is 135 cm³/mol. The lowest BCUT2D eigenvalue weighted by atomic mass is 10.2. The van der Waals surface area contributed by atoms with Gasteiger partial charge in [0.05, 0.1) is 17.3 Å². The van der Waals surface area contributed by atoms with Crippen molar-refractivity contribution in [1.29, 1.82) is 0 Å². The predicted octanol–water partition coefficient (Wildman–Crippen LogP) is 6.34. The van der Waals surface area contributed by atoms with E-state index in [2.05, 4.69) is 15.5 Å². The van der Waals surface area contributed by atoms with Crippen LogP contribution in [0.15, 0.2) is 84.0 Å². The number of hydrogen-bond donors (Lipinski definition) is 1. The van der Waals surface area contributed by atoms with Crippen molar-refractivity contribution >= 4 is 46.9 Å². The largest absolute Gasteiger partial charge is 0.345 e. The Kier molecular flexibility index (Phi) is 8.00. The molecule has 1 aromatic heterocycles. The Morgan fingerprint density at radius 1 is 1.03 bits per heavy atom. The number of amides is 1. The van der Waals surface area contributed by atoms with Gasteiger partial charge >= 0.3 is 0 Å². The van der Waals surface area contributed by atoms with Crippen LogP contribution in [0.1, 0.15) is 17.0 Å². The highest BCUT2D eigenvalue weighted by Gasteiger charge is 2.17. The fourth-order valence-corrected chi connectivity index (χ4v) is 4.52. The van der Waals surface area contributed by atoms with Crippen molar-refractivity contribution in [3.8, 4) is 5.69 Å². The second-order valence-electron chi connectivity index (χ2n) is 7.21. The topological polar surface area (TPSA) is 59.8 Å². The van der Waals surface area contributed by atoms with Gasteiger partial charge in [0.1, 0.15) is 5.82 Å². The summed E-state index contributed by atoms with van der Waals surface area (Å²) in [7, 11) is 0. The van der Waals surface area contributed by atoms with Gasteiger partial charge in [-0.25, -0.2) is 4.39 Å². The molecule has 0 spiro atoms. The van der Waals surface area contributed by atoms with Gasteiger partial charge in [0, 0.05) is 16.9 Å². The summed E-state index contributed by atoms with van der Waals surface area (Å²) in [5.74, 6) is 0.508. The van der Waals surface area contributed by atoms with Gasteiger partial charge in [-0.15, -0.1) is 10.2 Å². The molecule has 1 N–H and O–H groups in total. The standard InChI is InChI=1S/C25H19Cl2FN4OS/c26-19-9-12-22(21(27)14-19)32-23(15-29-24(33)13-8-17-4-2-1-3-5-17)30-31-25(32)34-16-18-6-10-20(28)11-7-18/h1-14H,15-16H2,(H,29,33)/b13-8+. The van der Waals surface area contributed by atoms with Gasteiger partial charge < -0.3 is 5.32 Å². The number of nitrogens with one attached hydrogen (secondary N) is 1. The fourth-order valence-electron chi connectivity index (χ4n) is 3.10. The molecular weight excluding hydrogens is 494 g/mol. The van der Waals surface area contributed by atoms with Crippen molar-refractivity contribution in [2.45, 2.75) is 17.5 Å². The van der Waals surface area contributed by atoms with Gasteiger partial charge in [0.25, 0.3) is 0 Å². The molecule has 3 aromatic carbocycles. The van der Waals surface area contributed by atoms with E-state index in [0.717, 1.165) is 11.1 Å². The van der Waals surface area contributed by atoms with E-state index < -0.39 is 0 Å². The van der Waals surface area contributed by atoms with E-state index in [1.54, 1.807) is 41.0 Å². The molecule has 0 aliphatic rings. The summed E-state index contributed by atoms with van der Waals surface area (Å²) in [5.41, 5.74) is 2.50. The van der Waals surface area contributed by atoms with E-state index in [-0.39, 0.29) is 18.3 Å². The van der Waals surface area contributed by atoms with Crippen LogP contribution in [0.25, 0.3) is 11.8 Å². The highest BCUT2D eigenvalue weighted by molar-refractivity contribution is 7.98. The fraction of sp³-hybridized carbons (Fsp3) is 0.0800. The molecular formula is C25H19Cl2FN4OS. The zero-order valence-corrected chi connectivity index (χ0v) is 20.1. The highest BCUT2D eigenvalue weighted by Crippen LogP contribution is 2.30. The molecule has 172 valence electrons. The van der Waals surface area contributed by atoms with Crippen molar-refractivity contribution in [1.82, 2.24) is 20.1 Å². The zero-order chi connectivity index (χ0) is 23.9. The first-order valence-corrected chi connectivity index (χ1v) is 12.0. The number of carbonyl (C=O) groups is 1. The van der Waals surface area contributed by atoms with Crippen LogP contribution >= 0.6 is 35.0 Å². The minimum absolute atomic E-state index is 0.140. The molecule has 0 saturated heterocycles. The Morgan fingerprint density at radius 2 is 1.79 bits per heavy atom. The quantitative estimate of drug-likeness (QED) is 0.221. The number of aromatic nitrogens is 3. The second kappa shape index (κ2) is 11.3. The Morgan fingerprint density at radius 3 is 2.53 bits per heavy atom. The van der Waals surface area contributed by atoms with Gasteiger partial charge in [-0.1, -0.05) is 77.4 Å². The average molecular weight is 513 g/mol. The number of carbonyl (C=O) groups excluding carboxylic acids is 1. The van der Waals surface area contributed by atoms with Gasteiger partial charge in [0.2, 0.25) is 5.91 Å². The minimum Gasteiger partial charge on any atom is -0.345 e. The first kappa shape index (κ1) is 24.0.